The van der Waals surface area contributed by atoms with Crippen LogP contribution in [0.2, 0.25) is 0 Å². The van der Waals surface area contributed by atoms with Crippen LogP contribution < -0.4 is 43.0 Å². The monoisotopic (exact) mass is 957 g/mol. The highest BCUT2D eigenvalue weighted by Gasteiger charge is 2.37. The molecule has 2 heterocycles. The van der Waals surface area contributed by atoms with Crippen LogP contribution in [0.1, 0.15) is 93.1 Å². The van der Waals surface area contributed by atoms with Crippen LogP contribution in [0.3, 0.4) is 0 Å². The van der Waals surface area contributed by atoms with Crippen molar-refractivity contribution in [1.82, 2.24) is 47.1 Å². The lowest BCUT2D eigenvalue weighted by atomic mass is 9.99. The first-order chi connectivity index (χ1) is 31.5. The molecule has 0 saturated carbocycles. The average Bonchev–Trinajstić information content (AvgIpc) is 3.92. The summed E-state index contributed by atoms with van der Waals surface area (Å²) in [6, 6.07) is -1.09. The Kier molecular flexibility index (Phi) is 22.1. The van der Waals surface area contributed by atoms with Crippen LogP contribution in [0, 0.1) is 17.8 Å². The van der Waals surface area contributed by atoms with E-state index in [-0.39, 0.29) is 44.1 Å². The lowest BCUT2D eigenvalue weighted by Gasteiger charge is -2.27. The van der Waals surface area contributed by atoms with Gasteiger partial charge in [0.25, 0.3) is 0 Å². The fourth-order valence-electron chi connectivity index (χ4n) is 7.68. The third kappa shape index (κ3) is 17.2. The molecule has 11 N–H and O–H groups in total. The molecule has 2 aromatic rings. The van der Waals surface area contributed by atoms with Gasteiger partial charge < -0.3 is 57.9 Å². The maximum absolute atomic E-state index is 14.0. The molecule has 8 amide bonds. The molecule has 372 valence electrons. The highest BCUT2D eigenvalue weighted by molar-refractivity contribution is 7.98. The van der Waals surface area contributed by atoms with Gasteiger partial charge in [-0.3, -0.25) is 38.4 Å². The Morgan fingerprint density at radius 3 is 1.96 bits per heavy atom. The van der Waals surface area contributed by atoms with Gasteiger partial charge in [0.2, 0.25) is 47.3 Å². The van der Waals surface area contributed by atoms with Gasteiger partial charge in [-0.1, -0.05) is 59.7 Å². The molecule has 67 heavy (non-hydrogen) atoms. The van der Waals surface area contributed by atoms with Crippen LogP contribution in [0.25, 0.3) is 10.9 Å². The van der Waals surface area contributed by atoms with Gasteiger partial charge in [-0.05, 0) is 87.3 Å². The number of nitrogens with zero attached hydrogens (tertiary/aromatic N) is 1. The number of carboxylic acids is 1. The highest BCUT2D eigenvalue weighted by Crippen LogP contribution is 2.21. The number of likely N-dealkylation sites (tertiary alicyclic amines) is 1. The van der Waals surface area contributed by atoms with E-state index in [1.807, 2.05) is 58.2 Å². The van der Waals surface area contributed by atoms with Crippen molar-refractivity contribution in [3.63, 3.8) is 0 Å². The molecule has 0 aliphatic carbocycles. The Labute approximate surface area is 397 Å². The second kappa shape index (κ2) is 26.6. The molecule has 1 saturated heterocycles. The molecule has 1 aromatic carbocycles. The van der Waals surface area contributed by atoms with E-state index in [2.05, 4.69) is 42.2 Å². The van der Waals surface area contributed by atoms with E-state index in [1.54, 1.807) is 20.0 Å². The number of carbonyl (C=O) groups excluding carboxylic acids is 8. The number of rotatable bonds is 26. The summed E-state index contributed by atoms with van der Waals surface area (Å²) in [4.78, 5) is 124. The van der Waals surface area contributed by atoms with E-state index >= 15 is 0 Å². The lowest BCUT2D eigenvalue weighted by molar-refractivity contribution is -0.143. The van der Waals surface area contributed by atoms with Crippen LogP contribution in [0.4, 0.5) is 0 Å². The Balaban J connectivity index is 1.68. The second-order valence-electron chi connectivity index (χ2n) is 18.4. The summed E-state index contributed by atoms with van der Waals surface area (Å²) in [5.74, 6) is -6.05. The third-order valence-electron chi connectivity index (χ3n) is 11.4. The van der Waals surface area contributed by atoms with E-state index in [4.69, 9.17) is 5.73 Å². The first-order valence-electron chi connectivity index (χ1n) is 23.0. The van der Waals surface area contributed by atoms with Crippen molar-refractivity contribution < 1.29 is 48.3 Å². The van der Waals surface area contributed by atoms with Gasteiger partial charge in [0.05, 0.1) is 12.6 Å². The van der Waals surface area contributed by atoms with Crippen molar-refractivity contribution in [2.24, 2.45) is 23.5 Å². The van der Waals surface area contributed by atoms with Gasteiger partial charge in [-0.15, -0.1) is 0 Å². The number of fused-ring (bicyclic) bond motifs is 1. The minimum absolute atomic E-state index is 0.00870. The van der Waals surface area contributed by atoms with Gasteiger partial charge >= 0.3 is 5.97 Å². The molecule has 0 bridgehead atoms. The Morgan fingerprint density at radius 1 is 0.746 bits per heavy atom. The van der Waals surface area contributed by atoms with E-state index in [0.29, 0.717) is 18.6 Å². The summed E-state index contributed by atoms with van der Waals surface area (Å²) in [5, 5.41) is 28.7. The summed E-state index contributed by atoms with van der Waals surface area (Å²) in [6.07, 6.45) is 5.22. The summed E-state index contributed by atoms with van der Waals surface area (Å²) < 4.78 is 0. The number of hydrogen-bond acceptors (Lipinski definition) is 11. The average molecular weight is 957 g/mol. The zero-order chi connectivity index (χ0) is 50.1. The number of aromatic amines is 1. The molecule has 0 radical (unpaired) electrons. The van der Waals surface area contributed by atoms with E-state index in [0.717, 1.165) is 16.5 Å². The van der Waals surface area contributed by atoms with Crippen molar-refractivity contribution >= 4 is 75.9 Å². The van der Waals surface area contributed by atoms with Gasteiger partial charge in [0.15, 0.2) is 0 Å². The zero-order valence-corrected chi connectivity index (χ0v) is 41.0. The molecule has 21 heteroatoms. The second-order valence-corrected chi connectivity index (χ2v) is 19.4. The molecule has 1 fully saturated rings. The van der Waals surface area contributed by atoms with Crippen molar-refractivity contribution in [3.05, 3.63) is 36.0 Å². The van der Waals surface area contributed by atoms with E-state index in [9.17, 15) is 48.3 Å². The minimum atomic E-state index is -1.22. The molecule has 8 atom stereocenters. The van der Waals surface area contributed by atoms with Crippen LogP contribution in [0.15, 0.2) is 30.5 Å². The molecular weight excluding hydrogens is 885 g/mol. The number of amides is 8. The summed E-state index contributed by atoms with van der Waals surface area (Å²) in [7, 11) is 0. The number of aromatic nitrogens is 1. The number of nitrogens with two attached hydrogens (primary N) is 1. The van der Waals surface area contributed by atoms with Crippen LogP contribution in [-0.4, -0.2) is 142 Å². The molecule has 1 aliphatic heterocycles. The molecule has 3 rings (SSSR count). The Morgan fingerprint density at radius 2 is 1.34 bits per heavy atom. The van der Waals surface area contributed by atoms with Crippen molar-refractivity contribution in [2.45, 2.75) is 142 Å². The highest BCUT2D eigenvalue weighted by atomic mass is 32.2. The molecule has 20 nitrogen and oxygen atoms in total. The van der Waals surface area contributed by atoms with Crippen molar-refractivity contribution in [2.75, 3.05) is 25.1 Å². The maximum atomic E-state index is 14.0. The Bertz CT molecular complexity index is 2060. The molecule has 1 aromatic heterocycles. The number of hydrogen-bond donors (Lipinski definition) is 10. The predicted molar refractivity (Wildman–Crippen MR) is 255 cm³/mol. The first-order valence-corrected chi connectivity index (χ1v) is 24.3. The van der Waals surface area contributed by atoms with Gasteiger partial charge in [-0.25, -0.2) is 4.79 Å². The van der Waals surface area contributed by atoms with Crippen LogP contribution in [0.5, 0.6) is 0 Å². The molecule has 0 unspecified atom stereocenters. The normalized spacial score (nSPS) is 16.9. The first kappa shape index (κ1) is 55.6. The molecule has 1 aliphatic rings. The number of benzene rings is 1. The number of carbonyl (C=O) groups is 9. The molecular formula is C46H72N10O10S. The van der Waals surface area contributed by atoms with E-state index < -0.39 is 114 Å². The number of aliphatic carboxylic acids is 1. The quantitative estimate of drug-likeness (QED) is 0.0623. The zero-order valence-electron chi connectivity index (χ0n) is 40.2. The summed E-state index contributed by atoms with van der Waals surface area (Å²) in [6.45, 7) is 13.5. The molecule has 0 spiro atoms. The topological polar surface area (TPSA) is 303 Å². The standard InChI is InChI=1S/C46H72N10O10S/c1-24(2)19-31(47)41(60)53-34(20-25(3)4)44(63)54-35(21-29-22-48-32-14-11-10-13-30(29)32)43(62)50-27(7)39(58)49-23-37(57)56-17-12-15-36(56)45(64)52-33(16-18-67-9)42(61)51-28(8)40(59)55-38(26(5)6)46(65)66/h10-11,13-14,22,24-28,31,33-36,38,48H,12,15-21,23,47H2,1-9H3,(H,49,58)(H,50,62)(H,51,61)(H,52,64)(H,53,60)(H,54,63)(H,55,59)(H,65,66)/t27-,28-,31-,33-,34-,35-,36-,38-/m0/s1. The minimum Gasteiger partial charge on any atom is -0.480 e. The van der Waals surface area contributed by atoms with Crippen molar-refractivity contribution in [1.29, 1.82) is 0 Å². The smallest absolute Gasteiger partial charge is 0.326 e. The maximum Gasteiger partial charge on any atom is 0.326 e. The number of thioether (sulfide) groups is 1. The van der Waals surface area contributed by atoms with Gasteiger partial charge in [-0.2, -0.15) is 11.8 Å². The van der Waals surface area contributed by atoms with Crippen LogP contribution in [-0.2, 0) is 49.6 Å². The summed E-state index contributed by atoms with van der Waals surface area (Å²) in [5.41, 5.74) is 7.66. The largest absolute Gasteiger partial charge is 0.480 e. The SMILES string of the molecule is CSCC[C@H](NC(=O)[C@@H]1CCCN1C(=O)CNC(=O)[C@H](C)NC(=O)[C@H](Cc1c[nH]c2ccccc12)NC(=O)[C@H](CC(C)C)NC(=O)[C@@H](N)CC(C)C)C(=O)N[C@@H](C)C(=O)N[C@H](C(=O)O)C(C)C. The Hall–Kier alpha value is -5.70. The van der Waals surface area contributed by atoms with Crippen LogP contribution >= 0.6 is 11.8 Å². The number of carboxylic acid groups (broad SMARTS) is 1. The fourth-order valence-corrected chi connectivity index (χ4v) is 8.15. The van der Waals surface area contributed by atoms with Crippen molar-refractivity contribution in [3.8, 4) is 0 Å². The van der Waals surface area contributed by atoms with E-state index in [1.165, 1.54) is 30.5 Å². The third-order valence-corrected chi connectivity index (χ3v) is 12.0. The fraction of sp³-hybridized carbons (Fsp3) is 0.630. The van der Waals surface area contributed by atoms with Gasteiger partial charge in [0, 0.05) is 30.1 Å². The number of H-pyrrole nitrogens is 1. The lowest BCUT2D eigenvalue weighted by Crippen LogP contribution is -2.58. The summed E-state index contributed by atoms with van der Waals surface area (Å²) >= 11 is 1.43. The predicted octanol–water partition coefficient (Wildman–Crippen LogP) is 0.679. The van der Waals surface area contributed by atoms with Gasteiger partial charge in [0.1, 0.15) is 42.3 Å². The number of para-hydroxylation sites is 1. The number of nitrogens with one attached hydrogen (secondary N) is 8.